The number of hydrogen-bond donors (Lipinski definition) is 1. The van der Waals surface area contributed by atoms with Gasteiger partial charge >= 0.3 is 0 Å². The van der Waals surface area contributed by atoms with E-state index in [1.165, 1.54) is 0 Å². The van der Waals surface area contributed by atoms with Crippen LogP contribution >= 0.6 is 0 Å². The highest BCUT2D eigenvalue weighted by molar-refractivity contribution is 5.92. The summed E-state index contributed by atoms with van der Waals surface area (Å²) in [6, 6.07) is 7.42. The van der Waals surface area contributed by atoms with E-state index >= 15 is 0 Å². The van der Waals surface area contributed by atoms with E-state index in [0.717, 1.165) is 24.3 Å². The fourth-order valence-electron chi connectivity index (χ4n) is 2.75. The summed E-state index contributed by atoms with van der Waals surface area (Å²) in [6.07, 6.45) is 2.12. The van der Waals surface area contributed by atoms with Gasteiger partial charge in [-0.2, -0.15) is 0 Å². The van der Waals surface area contributed by atoms with Crippen LogP contribution in [-0.4, -0.2) is 35.9 Å². The number of anilines is 1. The van der Waals surface area contributed by atoms with Crippen molar-refractivity contribution in [3.63, 3.8) is 0 Å². The molecular formula is C18H26N2O3. The molecule has 0 aliphatic carbocycles. The van der Waals surface area contributed by atoms with Crippen LogP contribution in [-0.2, 0) is 9.59 Å². The van der Waals surface area contributed by atoms with Gasteiger partial charge in [0.05, 0.1) is 6.10 Å². The van der Waals surface area contributed by atoms with E-state index in [1.807, 2.05) is 49.9 Å². The third kappa shape index (κ3) is 4.98. The summed E-state index contributed by atoms with van der Waals surface area (Å²) in [5.74, 6) is 0.975. The molecule has 1 aromatic rings. The lowest BCUT2D eigenvalue weighted by atomic mass is 9.95. The maximum atomic E-state index is 12.3. The van der Waals surface area contributed by atoms with Crippen molar-refractivity contribution in [1.29, 1.82) is 0 Å². The van der Waals surface area contributed by atoms with Crippen molar-refractivity contribution in [2.75, 3.05) is 18.4 Å². The Morgan fingerprint density at radius 3 is 2.35 bits per heavy atom. The van der Waals surface area contributed by atoms with E-state index in [1.54, 1.807) is 0 Å². The Morgan fingerprint density at radius 1 is 1.22 bits per heavy atom. The number of hydrogen-bond acceptors (Lipinski definition) is 3. The van der Waals surface area contributed by atoms with E-state index in [4.69, 9.17) is 4.74 Å². The fraction of sp³-hybridized carbons (Fsp3) is 0.556. The Hall–Kier alpha value is -2.04. The molecule has 1 N–H and O–H groups in total. The predicted octanol–water partition coefficient (Wildman–Crippen LogP) is 3.06. The van der Waals surface area contributed by atoms with E-state index < -0.39 is 0 Å². The monoisotopic (exact) mass is 318 g/mol. The summed E-state index contributed by atoms with van der Waals surface area (Å²) in [6.45, 7) is 7.17. The van der Waals surface area contributed by atoms with Crippen LogP contribution in [0.5, 0.6) is 5.75 Å². The van der Waals surface area contributed by atoms with Gasteiger partial charge in [0.25, 0.3) is 0 Å². The molecule has 0 saturated carbocycles. The first-order valence-electron chi connectivity index (χ1n) is 8.35. The van der Waals surface area contributed by atoms with Crippen LogP contribution in [0, 0.1) is 5.92 Å². The fourth-order valence-corrected chi connectivity index (χ4v) is 2.75. The molecular weight excluding hydrogens is 292 g/mol. The first-order valence-corrected chi connectivity index (χ1v) is 8.35. The zero-order valence-electron chi connectivity index (χ0n) is 14.2. The summed E-state index contributed by atoms with van der Waals surface area (Å²) in [7, 11) is 0. The molecule has 5 heteroatoms. The largest absolute Gasteiger partial charge is 0.491 e. The molecule has 1 heterocycles. The molecule has 5 nitrogen and oxygen atoms in total. The molecule has 0 atom stereocenters. The van der Waals surface area contributed by atoms with Gasteiger partial charge in [-0.1, -0.05) is 6.92 Å². The number of benzene rings is 1. The average molecular weight is 318 g/mol. The number of ether oxygens (including phenoxy) is 1. The molecule has 0 bridgehead atoms. The smallest absolute Gasteiger partial charge is 0.227 e. The molecule has 1 aliphatic rings. The van der Waals surface area contributed by atoms with Crippen molar-refractivity contribution in [3.8, 4) is 5.75 Å². The third-order valence-electron chi connectivity index (χ3n) is 4.01. The minimum Gasteiger partial charge on any atom is -0.491 e. The topological polar surface area (TPSA) is 58.6 Å². The van der Waals surface area contributed by atoms with Gasteiger partial charge in [0.15, 0.2) is 0 Å². The molecule has 126 valence electrons. The van der Waals surface area contributed by atoms with Crippen LogP contribution in [0.2, 0.25) is 0 Å². The normalized spacial score (nSPS) is 15.6. The molecule has 0 spiro atoms. The van der Waals surface area contributed by atoms with E-state index in [0.29, 0.717) is 19.5 Å². The van der Waals surface area contributed by atoms with Gasteiger partial charge in [-0.3, -0.25) is 9.59 Å². The number of likely N-dealkylation sites (tertiary alicyclic amines) is 1. The first-order chi connectivity index (χ1) is 11.0. The Labute approximate surface area is 138 Å². The molecule has 0 aromatic heterocycles. The molecule has 0 unspecified atom stereocenters. The number of carbonyl (C=O) groups excluding carboxylic acids is 2. The molecule has 23 heavy (non-hydrogen) atoms. The maximum absolute atomic E-state index is 12.3. The van der Waals surface area contributed by atoms with Crippen LogP contribution in [0.3, 0.4) is 0 Å². The van der Waals surface area contributed by atoms with E-state index in [-0.39, 0.29) is 23.8 Å². The summed E-state index contributed by atoms with van der Waals surface area (Å²) >= 11 is 0. The first kappa shape index (κ1) is 17.3. The quantitative estimate of drug-likeness (QED) is 0.907. The Kier molecular flexibility index (Phi) is 6.02. The van der Waals surface area contributed by atoms with Crippen molar-refractivity contribution in [2.45, 2.75) is 46.1 Å². The van der Waals surface area contributed by atoms with Crippen LogP contribution in [0.4, 0.5) is 5.69 Å². The van der Waals surface area contributed by atoms with Crippen LogP contribution in [0.1, 0.15) is 40.0 Å². The molecule has 1 fully saturated rings. The highest BCUT2D eigenvalue weighted by Crippen LogP contribution is 2.21. The van der Waals surface area contributed by atoms with Crippen molar-refractivity contribution >= 4 is 17.5 Å². The number of rotatable bonds is 5. The van der Waals surface area contributed by atoms with Gasteiger partial charge in [-0.25, -0.2) is 0 Å². The lowest BCUT2D eigenvalue weighted by molar-refractivity contribution is -0.134. The predicted molar refractivity (Wildman–Crippen MR) is 90.4 cm³/mol. The van der Waals surface area contributed by atoms with Gasteiger partial charge in [0, 0.05) is 31.1 Å². The van der Waals surface area contributed by atoms with E-state index in [2.05, 4.69) is 5.32 Å². The van der Waals surface area contributed by atoms with Crippen LogP contribution in [0.25, 0.3) is 0 Å². The third-order valence-corrected chi connectivity index (χ3v) is 4.01. The lowest BCUT2D eigenvalue weighted by Gasteiger charge is -2.31. The highest BCUT2D eigenvalue weighted by atomic mass is 16.5. The van der Waals surface area contributed by atoms with Crippen molar-refractivity contribution in [3.05, 3.63) is 24.3 Å². The van der Waals surface area contributed by atoms with Crippen LogP contribution < -0.4 is 10.1 Å². The van der Waals surface area contributed by atoms with Gasteiger partial charge < -0.3 is 15.0 Å². The molecule has 1 aromatic carbocycles. The number of piperidine rings is 1. The molecule has 0 radical (unpaired) electrons. The highest BCUT2D eigenvalue weighted by Gasteiger charge is 2.26. The number of amides is 2. The Morgan fingerprint density at radius 2 is 1.83 bits per heavy atom. The number of nitrogens with one attached hydrogen (secondary N) is 1. The van der Waals surface area contributed by atoms with Crippen molar-refractivity contribution in [1.82, 2.24) is 4.90 Å². The minimum absolute atomic E-state index is 0.0255. The zero-order chi connectivity index (χ0) is 16.8. The van der Waals surface area contributed by atoms with Crippen molar-refractivity contribution < 1.29 is 14.3 Å². The van der Waals surface area contributed by atoms with Gasteiger partial charge in [0.2, 0.25) is 11.8 Å². The standard InChI is InChI=1S/C18H26N2O3/c1-4-17(21)20-11-9-14(10-12-20)18(22)19-15-5-7-16(8-6-15)23-13(2)3/h5-8,13-14H,4,9-12H2,1-3H3,(H,19,22). The SMILES string of the molecule is CCC(=O)N1CCC(C(=O)Nc2ccc(OC(C)C)cc2)CC1. The molecule has 1 saturated heterocycles. The summed E-state index contributed by atoms with van der Waals surface area (Å²) < 4.78 is 5.59. The second-order valence-electron chi connectivity index (χ2n) is 6.19. The Balaban J connectivity index is 1.84. The number of carbonyl (C=O) groups is 2. The van der Waals surface area contributed by atoms with Gasteiger partial charge in [-0.15, -0.1) is 0 Å². The summed E-state index contributed by atoms with van der Waals surface area (Å²) in [5, 5.41) is 2.95. The summed E-state index contributed by atoms with van der Waals surface area (Å²) in [5.41, 5.74) is 0.776. The van der Waals surface area contributed by atoms with E-state index in [9.17, 15) is 9.59 Å². The van der Waals surface area contributed by atoms with Crippen molar-refractivity contribution in [2.24, 2.45) is 5.92 Å². The van der Waals surface area contributed by atoms with Gasteiger partial charge in [0.1, 0.15) is 5.75 Å². The summed E-state index contributed by atoms with van der Waals surface area (Å²) in [4.78, 5) is 25.8. The molecule has 2 amide bonds. The molecule has 1 aliphatic heterocycles. The lowest BCUT2D eigenvalue weighted by Crippen LogP contribution is -2.41. The average Bonchev–Trinajstić information content (AvgIpc) is 2.55. The Bertz CT molecular complexity index is 532. The minimum atomic E-state index is -0.0255. The molecule has 2 rings (SSSR count). The number of nitrogens with zero attached hydrogens (tertiary/aromatic N) is 1. The van der Waals surface area contributed by atoms with Crippen LogP contribution in [0.15, 0.2) is 24.3 Å². The second-order valence-corrected chi connectivity index (χ2v) is 6.19. The zero-order valence-corrected chi connectivity index (χ0v) is 14.2. The van der Waals surface area contributed by atoms with Gasteiger partial charge in [-0.05, 0) is 51.0 Å². The second kappa shape index (κ2) is 7.99. The maximum Gasteiger partial charge on any atom is 0.227 e.